The van der Waals surface area contributed by atoms with Gasteiger partial charge in [0.25, 0.3) is 0 Å². The first kappa shape index (κ1) is 15.7. The zero-order valence-corrected chi connectivity index (χ0v) is 14.5. The highest BCUT2D eigenvalue weighted by molar-refractivity contribution is 7.18. The molecule has 2 aromatic heterocycles. The van der Waals surface area contributed by atoms with Crippen molar-refractivity contribution in [2.75, 3.05) is 5.32 Å². The van der Waals surface area contributed by atoms with Gasteiger partial charge in [0.15, 0.2) is 0 Å². The summed E-state index contributed by atoms with van der Waals surface area (Å²) >= 11 is 1.65. The second-order valence-electron chi connectivity index (χ2n) is 5.86. The summed E-state index contributed by atoms with van der Waals surface area (Å²) in [6.07, 6.45) is 0.672. The molecule has 1 N–H and O–H groups in total. The Morgan fingerprint density at radius 1 is 1.00 bits per heavy atom. The fourth-order valence-electron chi connectivity index (χ4n) is 2.71. The number of halogens is 1. The molecule has 25 heavy (non-hydrogen) atoms. The molecule has 0 unspecified atom stereocenters. The first-order valence-corrected chi connectivity index (χ1v) is 8.82. The molecule has 0 aliphatic rings. The van der Waals surface area contributed by atoms with Crippen molar-refractivity contribution in [3.8, 4) is 0 Å². The highest BCUT2D eigenvalue weighted by atomic mass is 32.1. The van der Waals surface area contributed by atoms with Crippen LogP contribution in [0.2, 0.25) is 0 Å². The lowest BCUT2D eigenvalue weighted by molar-refractivity contribution is 0.628. The highest BCUT2D eigenvalue weighted by Gasteiger charge is 2.11. The summed E-state index contributed by atoms with van der Waals surface area (Å²) in [5.74, 6) is 1.27. The van der Waals surface area contributed by atoms with Crippen molar-refractivity contribution in [3.63, 3.8) is 0 Å². The molecule has 0 radical (unpaired) electrons. The molecule has 5 heteroatoms. The van der Waals surface area contributed by atoms with Gasteiger partial charge in [-0.15, -0.1) is 11.3 Å². The highest BCUT2D eigenvalue weighted by Crippen LogP contribution is 2.30. The smallest absolute Gasteiger partial charge is 0.142 e. The van der Waals surface area contributed by atoms with Gasteiger partial charge in [-0.25, -0.2) is 14.4 Å². The lowest BCUT2D eigenvalue weighted by Crippen LogP contribution is -2.01. The van der Waals surface area contributed by atoms with E-state index in [-0.39, 0.29) is 5.82 Å². The molecule has 2 heterocycles. The van der Waals surface area contributed by atoms with E-state index in [2.05, 4.69) is 30.4 Å². The standard InChI is InChI=1S/C20H16FN3S/c1-13-11-17-19(22-16-9-7-15(21)8-10-16)23-18(24-20(17)25-13)12-14-5-3-2-4-6-14/h2-11H,12H2,1H3,(H,22,23,24). The number of hydrogen-bond donors (Lipinski definition) is 1. The van der Waals surface area contributed by atoms with Crippen molar-refractivity contribution >= 4 is 33.1 Å². The Labute approximate surface area is 149 Å². The third-order valence-electron chi connectivity index (χ3n) is 3.87. The lowest BCUT2D eigenvalue weighted by Gasteiger charge is -2.09. The van der Waals surface area contributed by atoms with Crippen LogP contribution in [0.3, 0.4) is 0 Å². The maximum atomic E-state index is 13.1. The zero-order valence-electron chi connectivity index (χ0n) is 13.7. The quantitative estimate of drug-likeness (QED) is 0.531. The second kappa shape index (κ2) is 6.61. The van der Waals surface area contributed by atoms with Crippen molar-refractivity contribution in [2.24, 2.45) is 0 Å². The predicted octanol–water partition coefficient (Wildman–Crippen LogP) is 5.47. The number of aromatic nitrogens is 2. The Bertz CT molecular complexity index is 1010. The summed E-state index contributed by atoms with van der Waals surface area (Å²) in [7, 11) is 0. The fraction of sp³-hybridized carbons (Fsp3) is 0.100. The topological polar surface area (TPSA) is 37.8 Å². The van der Waals surface area contributed by atoms with Crippen LogP contribution in [0.5, 0.6) is 0 Å². The number of rotatable bonds is 4. The van der Waals surface area contributed by atoms with Crippen LogP contribution < -0.4 is 5.32 Å². The van der Waals surface area contributed by atoms with Gasteiger partial charge in [-0.2, -0.15) is 0 Å². The third kappa shape index (κ3) is 3.51. The SMILES string of the molecule is Cc1cc2c(Nc3ccc(F)cc3)nc(Cc3ccccc3)nc2s1. The summed E-state index contributed by atoms with van der Waals surface area (Å²) in [5.41, 5.74) is 1.97. The summed E-state index contributed by atoms with van der Waals surface area (Å²) in [6, 6.07) is 18.5. The number of anilines is 2. The van der Waals surface area contributed by atoms with Gasteiger partial charge in [0.2, 0.25) is 0 Å². The lowest BCUT2D eigenvalue weighted by atomic mass is 10.1. The van der Waals surface area contributed by atoms with Crippen LogP contribution in [-0.2, 0) is 6.42 Å². The van der Waals surface area contributed by atoms with E-state index >= 15 is 0 Å². The minimum atomic E-state index is -0.255. The number of aryl methyl sites for hydroxylation is 1. The van der Waals surface area contributed by atoms with E-state index in [1.54, 1.807) is 23.5 Å². The molecule has 4 rings (SSSR count). The average molecular weight is 349 g/mol. The maximum Gasteiger partial charge on any atom is 0.142 e. The zero-order chi connectivity index (χ0) is 17.2. The monoisotopic (exact) mass is 349 g/mol. The van der Waals surface area contributed by atoms with Gasteiger partial charge in [0.1, 0.15) is 22.3 Å². The molecule has 0 saturated carbocycles. The molecule has 0 aliphatic heterocycles. The third-order valence-corrected chi connectivity index (χ3v) is 4.82. The van der Waals surface area contributed by atoms with Gasteiger partial charge in [0.05, 0.1) is 5.39 Å². The predicted molar refractivity (Wildman–Crippen MR) is 101 cm³/mol. The molecule has 0 atom stereocenters. The average Bonchev–Trinajstić information content (AvgIpc) is 2.98. The first-order chi connectivity index (χ1) is 12.2. The van der Waals surface area contributed by atoms with E-state index in [9.17, 15) is 4.39 Å². The Balaban J connectivity index is 1.74. The maximum absolute atomic E-state index is 13.1. The molecule has 0 aliphatic carbocycles. The largest absolute Gasteiger partial charge is 0.340 e. The summed E-state index contributed by atoms with van der Waals surface area (Å²) < 4.78 is 13.1. The molecule has 0 spiro atoms. The second-order valence-corrected chi connectivity index (χ2v) is 7.09. The number of hydrogen-bond acceptors (Lipinski definition) is 4. The summed E-state index contributed by atoms with van der Waals surface area (Å²) in [4.78, 5) is 11.6. The van der Waals surface area contributed by atoms with Crippen LogP contribution in [0.25, 0.3) is 10.2 Å². The molecule has 0 fully saturated rings. The van der Waals surface area contributed by atoms with E-state index in [0.717, 1.165) is 27.5 Å². The number of nitrogens with zero attached hydrogens (tertiary/aromatic N) is 2. The van der Waals surface area contributed by atoms with E-state index in [0.29, 0.717) is 6.42 Å². The Hall–Kier alpha value is -2.79. The molecule has 124 valence electrons. The van der Waals surface area contributed by atoms with Crippen LogP contribution >= 0.6 is 11.3 Å². The van der Waals surface area contributed by atoms with Gasteiger partial charge in [-0.3, -0.25) is 0 Å². The van der Waals surface area contributed by atoms with Crippen LogP contribution in [0.15, 0.2) is 60.7 Å². The molecule has 3 nitrogen and oxygen atoms in total. The van der Waals surface area contributed by atoms with E-state index in [1.165, 1.54) is 22.6 Å². The summed E-state index contributed by atoms with van der Waals surface area (Å²) in [5, 5.41) is 4.29. The van der Waals surface area contributed by atoms with Gasteiger partial charge in [-0.05, 0) is 42.8 Å². The number of thiophene rings is 1. The number of nitrogens with one attached hydrogen (secondary N) is 1. The van der Waals surface area contributed by atoms with Gasteiger partial charge < -0.3 is 5.32 Å². The van der Waals surface area contributed by atoms with E-state index in [1.807, 2.05) is 18.2 Å². The Morgan fingerprint density at radius 3 is 2.52 bits per heavy atom. The van der Waals surface area contributed by atoms with Crippen molar-refractivity contribution in [3.05, 3.63) is 82.7 Å². The molecule has 2 aromatic carbocycles. The van der Waals surface area contributed by atoms with Crippen LogP contribution in [0.1, 0.15) is 16.3 Å². The minimum Gasteiger partial charge on any atom is -0.340 e. The number of benzene rings is 2. The molecule has 4 aromatic rings. The molecule has 0 bridgehead atoms. The molecule has 0 amide bonds. The van der Waals surface area contributed by atoms with Crippen molar-refractivity contribution in [1.82, 2.24) is 9.97 Å². The van der Waals surface area contributed by atoms with Crippen LogP contribution in [0.4, 0.5) is 15.9 Å². The van der Waals surface area contributed by atoms with Gasteiger partial charge in [-0.1, -0.05) is 30.3 Å². The minimum absolute atomic E-state index is 0.255. The number of fused-ring (bicyclic) bond motifs is 1. The van der Waals surface area contributed by atoms with Crippen LogP contribution in [0, 0.1) is 12.7 Å². The van der Waals surface area contributed by atoms with E-state index < -0.39 is 0 Å². The van der Waals surface area contributed by atoms with E-state index in [4.69, 9.17) is 9.97 Å². The summed E-state index contributed by atoms with van der Waals surface area (Å²) in [6.45, 7) is 2.06. The van der Waals surface area contributed by atoms with Gasteiger partial charge >= 0.3 is 0 Å². The first-order valence-electron chi connectivity index (χ1n) is 8.01. The Morgan fingerprint density at radius 2 is 1.76 bits per heavy atom. The molecule has 0 saturated heterocycles. The van der Waals surface area contributed by atoms with Gasteiger partial charge in [0, 0.05) is 17.0 Å². The van der Waals surface area contributed by atoms with Crippen molar-refractivity contribution in [1.29, 1.82) is 0 Å². The normalized spacial score (nSPS) is 11.0. The van der Waals surface area contributed by atoms with Crippen LogP contribution in [-0.4, -0.2) is 9.97 Å². The molecular weight excluding hydrogens is 333 g/mol. The molecular formula is C20H16FN3S. The van der Waals surface area contributed by atoms with Crippen molar-refractivity contribution in [2.45, 2.75) is 13.3 Å². The fourth-order valence-corrected chi connectivity index (χ4v) is 3.61. The Kier molecular flexibility index (Phi) is 4.15. The van der Waals surface area contributed by atoms with Crippen molar-refractivity contribution < 1.29 is 4.39 Å².